The van der Waals surface area contributed by atoms with Gasteiger partial charge in [-0.1, -0.05) is 12.1 Å². The molecule has 0 aliphatic rings. The molecule has 0 radical (unpaired) electrons. The molecule has 1 amide bonds. The standard InChI is InChI=1S/C16H12FNO3/c17-13-3-1-2-11(10-13)4-9-15(19)18-14-7-5-12(6-8-14)16(20)21/h1-10H,(H,18,19)(H,20,21)/b9-4+. The average Bonchev–Trinajstić information content (AvgIpc) is 2.46. The number of anilines is 1. The fourth-order valence-corrected chi connectivity index (χ4v) is 1.66. The van der Waals surface area contributed by atoms with E-state index in [1.54, 1.807) is 12.1 Å². The zero-order valence-electron chi connectivity index (χ0n) is 10.9. The van der Waals surface area contributed by atoms with Crippen molar-refractivity contribution in [3.8, 4) is 0 Å². The zero-order valence-corrected chi connectivity index (χ0v) is 10.9. The molecule has 0 aromatic heterocycles. The first kappa shape index (κ1) is 14.5. The molecule has 4 nitrogen and oxygen atoms in total. The van der Waals surface area contributed by atoms with Gasteiger partial charge in [0.15, 0.2) is 0 Å². The van der Waals surface area contributed by atoms with Crippen molar-refractivity contribution in [2.24, 2.45) is 0 Å². The molecular formula is C16H12FNO3. The number of halogens is 1. The first-order valence-electron chi connectivity index (χ1n) is 6.12. The molecule has 0 saturated carbocycles. The fourth-order valence-electron chi connectivity index (χ4n) is 1.66. The summed E-state index contributed by atoms with van der Waals surface area (Å²) in [5.74, 6) is -1.79. The van der Waals surface area contributed by atoms with Crippen molar-refractivity contribution in [2.45, 2.75) is 0 Å². The third kappa shape index (κ3) is 4.28. The normalized spacial score (nSPS) is 10.5. The lowest BCUT2D eigenvalue weighted by Crippen LogP contribution is -2.08. The fraction of sp³-hybridized carbons (Fsp3) is 0. The summed E-state index contributed by atoms with van der Waals surface area (Å²) >= 11 is 0. The van der Waals surface area contributed by atoms with Crippen molar-refractivity contribution in [3.05, 3.63) is 71.6 Å². The third-order valence-electron chi connectivity index (χ3n) is 2.68. The number of carbonyl (C=O) groups is 2. The van der Waals surface area contributed by atoms with E-state index in [0.29, 0.717) is 11.3 Å². The minimum atomic E-state index is -1.03. The van der Waals surface area contributed by atoms with E-state index >= 15 is 0 Å². The van der Waals surface area contributed by atoms with E-state index in [0.717, 1.165) is 0 Å². The van der Waals surface area contributed by atoms with Gasteiger partial charge in [0.25, 0.3) is 0 Å². The Morgan fingerprint density at radius 2 is 1.81 bits per heavy atom. The molecule has 2 rings (SSSR count). The molecule has 21 heavy (non-hydrogen) atoms. The van der Waals surface area contributed by atoms with Crippen LogP contribution < -0.4 is 5.32 Å². The molecule has 0 atom stereocenters. The maximum absolute atomic E-state index is 13.0. The number of hydrogen-bond donors (Lipinski definition) is 2. The van der Waals surface area contributed by atoms with Crippen LogP contribution in [-0.2, 0) is 4.79 Å². The molecule has 106 valence electrons. The number of carboxylic acids is 1. The van der Waals surface area contributed by atoms with Crippen LogP contribution in [0.2, 0.25) is 0 Å². The molecule has 5 heteroatoms. The van der Waals surface area contributed by atoms with Gasteiger partial charge in [-0.3, -0.25) is 4.79 Å². The molecule has 0 bridgehead atoms. The number of benzene rings is 2. The Hall–Kier alpha value is -2.95. The molecule has 0 spiro atoms. The highest BCUT2D eigenvalue weighted by atomic mass is 19.1. The number of amides is 1. The van der Waals surface area contributed by atoms with Gasteiger partial charge in [-0.25, -0.2) is 9.18 Å². The van der Waals surface area contributed by atoms with Crippen molar-refractivity contribution >= 4 is 23.6 Å². The molecule has 2 N–H and O–H groups in total. The van der Waals surface area contributed by atoms with Gasteiger partial charge in [0, 0.05) is 11.8 Å². The van der Waals surface area contributed by atoms with E-state index < -0.39 is 5.97 Å². The second-order valence-corrected chi connectivity index (χ2v) is 4.26. The molecule has 0 fully saturated rings. The minimum absolute atomic E-state index is 0.142. The molecule has 0 saturated heterocycles. The topological polar surface area (TPSA) is 66.4 Å². The lowest BCUT2D eigenvalue weighted by molar-refractivity contribution is -0.111. The van der Waals surface area contributed by atoms with E-state index in [1.165, 1.54) is 48.6 Å². The van der Waals surface area contributed by atoms with Gasteiger partial charge < -0.3 is 10.4 Å². The van der Waals surface area contributed by atoms with Crippen molar-refractivity contribution in [1.82, 2.24) is 0 Å². The van der Waals surface area contributed by atoms with Gasteiger partial charge in [-0.15, -0.1) is 0 Å². The third-order valence-corrected chi connectivity index (χ3v) is 2.68. The van der Waals surface area contributed by atoms with E-state index in [-0.39, 0.29) is 17.3 Å². The Kier molecular flexibility index (Phi) is 4.46. The van der Waals surface area contributed by atoms with Crippen LogP contribution in [0.15, 0.2) is 54.6 Å². The Morgan fingerprint density at radius 1 is 1.10 bits per heavy atom. The van der Waals surface area contributed by atoms with Crippen molar-refractivity contribution < 1.29 is 19.1 Å². The maximum Gasteiger partial charge on any atom is 0.335 e. The van der Waals surface area contributed by atoms with E-state index in [2.05, 4.69) is 5.32 Å². The van der Waals surface area contributed by atoms with Crippen LogP contribution in [0.1, 0.15) is 15.9 Å². The van der Waals surface area contributed by atoms with Gasteiger partial charge in [0.05, 0.1) is 5.56 Å². The zero-order chi connectivity index (χ0) is 15.2. The Balaban J connectivity index is 1.99. The Labute approximate surface area is 120 Å². The van der Waals surface area contributed by atoms with Gasteiger partial charge in [-0.05, 0) is 48.0 Å². The van der Waals surface area contributed by atoms with Crippen molar-refractivity contribution in [2.75, 3.05) is 5.32 Å². The molecule has 0 heterocycles. The van der Waals surface area contributed by atoms with E-state index in [1.807, 2.05) is 0 Å². The molecule has 0 aliphatic carbocycles. The van der Waals surface area contributed by atoms with Gasteiger partial charge in [0.1, 0.15) is 5.82 Å². The summed E-state index contributed by atoms with van der Waals surface area (Å²) in [5.41, 5.74) is 1.20. The first-order valence-corrected chi connectivity index (χ1v) is 6.12. The van der Waals surface area contributed by atoms with Crippen LogP contribution >= 0.6 is 0 Å². The van der Waals surface area contributed by atoms with Crippen molar-refractivity contribution in [1.29, 1.82) is 0 Å². The van der Waals surface area contributed by atoms with Crippen molar-refractivity contribution in [3.63, 3.8) is 0 Å². The predicted octanol–water partition coefficient (Wildman–Crippen LogP) is 3.18. The van der Waals surface area contributed by atoms with Crippen LogP contribution in [0.4, 0.5) is 10.1 Å². The summed E-state index contributed by atoms with van der Waals surface area (Å²) < 4.78 is 13.0. The number of rotatable bonds is 4. The monoisotopic (exact) mass is 285 g/mol. The van der Waals surface area contributed by atoms with Crippen LogP contribution in [0.5, 0.6) is 0 Å². The van der Waals surface area contributed by atoms with Crippen LogP contribution in [0.25, 0.3) is 6.08 Å². The van der Waals surface area contributed by atoms with Gasteiger partial charge >= 0.3 is 5.97 Å². The predicted molar refractivity (Wildman–Crippen MR) is 77.5 cm³/mol. The second-order valence-electron chi connectivity index (χ2n) is 4.26. The van der Waals surface area contributed by atoms with Gasteiger partial charge in [-0.2, -0.15) is 0 Å². The van der Waals surface area contributed by atoms with Crippen LogP contribution in [0.3, 0.4) is 0 Å². The van der Waals surface area contributed by atoms with Crippen LogP contribution in [-0.4, -0.2) is 17.0 Å². The number of nitrogens with one attached hydrogen (secondary N) is 1. The molecular weight excluding hydrogens is 273 g/mol. The second kappa shape index (κ2) is 6.47. The quantitative estimate of drug-likeness (QED) is 0.848. The van der Waals surface area contributed by atoms with Gasteiger partial charge in [0.2, 0.25) is 5.91 Å². The number of aromatic carboxylic acids is 1. The Bertz CT molecular complexity index is 693. The molecule has 2 aromatic carbocycles. The Morgan fingerprint density at radius 3 is 2.43 bits per heavy atom. The SMILES string of the molecule is O=C(/C=C/c1cccc(F)c1)Nc1ccc(C(=O)O)cc1. The molecule has 0 unspecified atom stereocenters. The summed E-state index contributed by atoms with van der Waals surface area (Å²) in [5, 5.41) is 11.3. The summed E-state index contributed by atoms with van der Waals surface area (Å²) in [6, 6.07) is 11.6. The first-order chi connectivity index (χ1) is 10.0. The largest absolute Gasteiger partial charge is 0.478 e. The molecule has 2 aromatic rings. The maximum atomic E-state index is 13.0. The number of carbonyl (C=O) groups excluding carboxylic acids is 1. The summed E-state index contributed by atoms with van der Waals surface area (Å²) in [4.78, 5) is 22.4. The van der Waals surface area contributed by atoms with Crippen LogP contribution in [0, 0.1) is 5.82 Å². The average molecular weight is 285 g/mol. The lowest BCUT2D eigenvalue weighted by atomic mass is 10.2. The molecule has 0 aliphatic heterocycles. The summed E-state index contributed by atoms with van der Waals surface area (Å²) in [6.45, 7) is 0. The minimum Gasteiger partial charge on any atom is -0.478 e. The number of hydrogen-bond acceptors (Lipinski definition) is 2. The van der Waals surface area contributed by atoms with E-state index in [4.69, 9.17) is 5.11 Å². The van der Waals surface area contributed by atoms with E-state index in [9.17, 15) is 14.0 Å². The summed E-state index contributed by atoms with van der Waals surface area (Å²) in [7, 11) is 0. The lowest BCUT2D eigenvalue weighted by Gasteiger charge is -2.02. The summed E-state index contributed by atoms with van der Waals surface area (Å²) in [6.07, 6.45) is 2.77. The highest BCUT2D eigenvalue weighted by molar-refractivity contribution is 6.02. The highest BCUT2D eigenvalue weighted by Crippen LogP contribution is 2.10. The smallest absolute Gasteiger partial charge is 0.335 e. The highest BCUT2D eigenvalue weighted by Gasteiger charge is 2.03. The number of carboxylic acid groups (broad SMARTS) is 1.